The zero-order chi connectivity index (χ0) is 24.6. The lowest BCUT2D eigenvalue weighted by atomic mass is 9.69. The lowest BCUT2D eigenvalue weighted by molar-refractivity contribution is -0.151. The number of ketones is 1. The highest BCUT2D eigenvalue weighted by atomic mass is 35.5. The molecule has 0 bridgehead atoms. The first-order chi connectivity index (χ1) is 15.5. The van der Waals surface area contributed by atoms with E-state index in [1.807, 2.05) is 6.92 Å². The van der Waals surface area contributed by atoms with Gasteiger partial charge in [0.2, 0.25) is 0 Å². The Balaban J connectivity index is 2.26. The minimum absolute atomic E-state index is 0.000377. The molecule has 0 amide bonds. The van der Waals surface area contributed by atoms with E-state index < -0.39 is 35.7 Å². The smallest absolute Gasteiger partial charge is 0.337 e. The van der Waals surface area contributed by atoms with E-state index in [2.05, 4.69) is 5.32 Å². The number of dihydropyridines is 1. The molecule has 1 aliphatic carbocycles. The summed E-state index contributed by atoms with van der Waals surface area (Å²) in [4.78, 5) is 39.3. The van der Waals surface area contributed by atoms with Crippen molar-refractivity contribution < 1.29 is 33.7 Å². The fraction of sp³-hybridized carbons (Fsp3) is 0.458. The molecule has 178 valence electrons. The summed E-state index contributed by atoms with van der Waals surface area (Å²) in [6.45, 7) is 6.99. The van der Waals surface area contributed by atoms with Crippen molar-refractivity contribution in [1.82, 2.24) is 5.32 Å². The Hall–Kier alpha value is -3.00. The van der Waals surface area contributed by atoms with Gasteiger partial charge >= 0.3 is 11.9 Å². The van der Waals surface area contributed by atoms with Crippen LogP contribution in [-0.4, -0.2) is 43.2 Å². The maximum Gasteiger partial charge on any atom is 0.337 e. The van der Waals surface area contributed by atoms with Crippen molar-refractivity contribution in [2.75, 3.05) is 14.2 Å². The van der Waals surface area contributed by atoms with Gasteiger partial charge in [0.15, 0.2) is 17.3 Å². The molecular formula is C24H28ClNO7. The molecule has 9 heteroatoms. The lowest BCUT2D eigenvalue weighted by Gasteiger charge is -2.38. The second kappa shape index (κ2) is 9.47. The number of hydrogen-bond donors (Lipinski definition) is 2. The topological polar surface area (TPSA) is 111 Å². The molecule has 1 heterocycles. The number of ether oxygens (including phenoxy) is 3. The summed E-state index contributed by atoms with van der Waals surface area (Å²) in [6.07, 6.45) is 0.0149. The maximum absolute atomic E-state index is 13.7. The molecule has 0 unspecified atom stereocenters. The predicted octanol–water partition coefficient (Wildman–Crippen LogP) is 3.62. The van der Waals surface area contributed by atoms with Crippen molar-refractivity contribution in [1.29, 1.82) is 0 Å². The van der Waals surface area contributed by atoms with Crippen LogP contribution in [0.2, 0.25) is 5.02 Å². The van der Waals surface area contributed by atoms with Gasteiger partial charge in [0.1, 0.15) is 5.92 Å². The molecule has 0 fully saturated rings. The number of phenols is 1. The third-order valence-corrected chi connectivity index (χ3v) is 6.20. The van der Waals surface area contributed by atoms with Gasteiger partial charge in [0.25, 0.3) is 0 Å². The highest BCUT2D eigenvalue weighted by Crippen LogP contribution is 2.48. The summed E-state index contributed by atoms with van der Waals surface area (Å²) in [5.41, 5.74) is 2.10. The van der Waals surface area contributed by atoms with Crippen molar-refractivity contribution >= 4 is 29.3 Å². The molecule has 0 aromatic heterocycles. The molecule has 2 aliphatic rings. The van der Waals surface area contributed by atoms with E-state index in [0.717, 1.165) is 0 Å². The zero-order valence-electron chi connectivity index (χ0n) is 19.4. The minimum Gasteiger partial charge on any atom is -0.503 e. The minimum atomic E-state index is -1.01. The Labute approximate surface area is 197 Å². The summed E-state index contributed by atoms with van der Waals surface area (Å²) >= 11 is 6.25. The van der Waals surface area contributed by atoms with Crippen LogP contribution in [0, 0.1) is 11.8 Å². The van der Waals surface area contributed by atoms with Gasteiger partial charge in [-0.25, -0.2) is 4.79 Å². The SMILES string of the molecule is COC(=O)[C@H]1C(=O)C2=C(C[C@H]1C)NC(C)=C(C(=O)OC(C)C)[C@@H]2c1cc(Cl)c(O)c(OC)c1. The number of carbonyl (C=O) groups is 3. The molecule has 0 radical (unpaired) electrons. The van der Waals surface area contributed by atoms with E-state index in [0.29, 0.717) is 23.4 Å². The Morgan fingerprint density at radius 3 is 2.48 bits per heavy atom. The summed E-state index contributed by atoms with van der Waals surface area (Å²) in [5, 5.41) is 13.4. The predicted molar refractivity (Wildman–Crippen MR) is 121 cm³/mol. The molecule has 0 saturated carbocycles. The lowest BCUT2D eigenvalue weighted by Crippen LogP contribution is -2.43. The third kappa shape index (κ3) is 4.44. The van der Waals surface area contributed by atoms with Crippen LogP contribution in [-0.2, 0) is 23.9 Å². The molecule has 33 heavy (non-hydrogen) atoms. The molecule has 1 aromatic carbocycles. The van der Waals surface area contributed by atoms with E-state index in [4.69, 9.17) is 25.8 Å². The number of hydrogen-bond acceptors (Lipinski definition) is 8. The number of aromatic hydroxyl groups is 1. The molecular weight excluding hydrogens is 450 g/mol. The Morgan fingerprint density at radius 2 is 1.91 bits per heavy atom. The number of methoxy groups -OCH3 is 2. The number of carbonyl (C=O) groups excluding carboxylic acids is 3. The number of esters is 2. The van der Waals surface area contributed by atoms with E-state index in [1.165, 1.54) is 26.4 Å². The van der Waals surface area contributed by atoms with Gasteiger partial charge < -0.3 is 24.6 Å². The molecule has 2 N–H and O–H groups in total. The number of benzene rings is 1. The van der Waals surface area contributed by atoms with E-state index in [-0.39, 0.29) is 33.6 Å². The van der Waals surface area contributed by atoms with Crippen molar-refractivity contribution in [3.8, 4) is 11.5 Å². The van der Waals surface area contributed by atoms with Crippen LogP contribution in [0.15, 0.2) is 34.7 Å². The normalized spacial score (nSPS) is 22.7. The van der Waals surface area contributed by atoms with Crippen LogP contribution in [0.4, 0.5) is 0 Å². The van der Waals surface area contributed by atoms with Gasteiger partial charge in [0, 0.05) is 22.9 Å². The van der Waals surface area contributed by atoms with Crippen molar-refractivity contribution in [2.24, 2.45) is 11.8 Å². The largest absolute Gasteiger partial charge is 0.503 e. The summed E-state index contributed by atoms with van der Waals surface area (Å²) in [7, 11) is 2.61. The molecule has 3 rings (SSSR count). The molecule has 0 spiro atoms. The highest BCUT2D eigenvalue weighted by Gasteiger charge is 2.47. The van der Waals surface area contributed by atoms with Gasteiger partial charge in [-0.15, -0.1) is 0 Å². The van der Waals surface area contributed by atoms with E-state index >= 15 is 0 Å². The van der Waals surface area contributed by atoms with Crippen molar-refractivity contribution in [2.45, 2.75) is 46.1 Å². The average Bonchev–Trinajstić information content (AvgIpc) is 2.73. The summed E-state index contributed by atoms with van der Waals surface area (Å²) in [5.74, 6) is -4.01. The van der Waals surface area contributed by atoms with Gasteiger partial charge in [-0.3, -0.25) is 9.59 Å². The van der Waals surface area contributed by atoms with Crippen LogP contribution in [0.5, 0.6) is 11.5 Å². The van der Waals surface area contributed by atoms with Gasteiger partial charge in [0.05, 0.1) is 30.9 Å². The van der Waals surface area contributed by atoms with Gasteiger partial charge in [-0.1, -0.05) is 18.5 Å². The number of phenolic OH excluding ortho intramolecular Hbond substituents is 1. The molecule has 1 aromatic rings. The van der Waals surface area contributed by atoms with Gasteiger partial charge in [-0.05, 0) is 50.8 Å². The first kappa shape index (κ1) is 24.6. The number of rotatable bonds is 5. The summed E-state index contributed by atoms with van der Waals surface area (Å²) in [6, 6.07) is 3.00. The average molecular weight is 478 g/mol. The van der Waals surface area contributed by atoms with Crippen molar-refractivity contribution in [3.63, 3.8) is 0 Å². The Bertz CT molecular complexity index is 1070. The maximum atomic E-state index is 13.7. The van der Waals surface area contributed by atoms with Crippen LogP contribution < -0.4 is 10.1 Å². The first-order valence-electron chi connectivity index (χ1n) is 10.6. The van der Waals surface area contributed by atoms with Crippen LogP contribution >= 0.6 is 11.6 Å². The highest BCUT2D eigenvalue weighted by molar-refractivity contribution is 6.32. The second-order valence-electron chi connectivity index (χ2n) is 8.54. The van der Waals surface area contributed by atoms with E-state index in [9.17, 15) is 19.5 Å². The zero-order valence-corrected chi connectivity index (χ0v) is 20.2. The van der Waals surface area contributed by atoms with Crippen molar-refractivity contribution in [3.05, 3.63) is 45.3 Å². The fourth-order valence-electron chi connectivity index (χ4n) is 4.48. The van der Waals surface area contributed by atoms with E-state index in [1.54, 1.807) is 20.8 Å². The molecule has 1 aliphatic heterocycles. The second-order valence-corrected chi connectivity index (χ2v) is 8.95. The number of Topliss-reactive ketones (excluding diaryl/α,β-unsaturated/α-hetero) is 1. The Kier molecular flexibility index (Phi) is 7.07. The van der Waals surface area contributed by atoms with Gasteiger partial charge in [-0.2, -0.15) is 0 Å². The van der Waals surface area contributed by atoms with Crippen LogP contribution in [0.1, 0.15) is 45.6 Å². The number of nitrogens with one attached hydrogen (secondary N) is 1. The fourth-order valence-corrected chi connectivity index (χ4v) is 4.70. The molecule has 0 saturated heterocycles. The number of allylic oxidation sites excluding steroid dienone is 3. The molecule has 3 atom stereocenters. The molecule has 8 nitrogen and oxygen atoms in total. The third-order valence-electron chi connectivity index (χ3n) is 5.91. The summed E-state index contributed by atoms with van der Waals surface area (Å²) < 4.78 is 15.6. The van der Waals surface area contributed by atoms with Crippen LogP contribution in [0.3, 0.4) is 0 Å². The Morgan fingerprint density at radius 1 is 1.24 bits per heavy atom. The standard InChI is InChI=1S/C24H28ClNO7/c1-10(2)33-24(30)18-12(4)26-15-7-11(3)17(23(29)32-6)22(28)20(15)19(18)13-8-14(25)21(27)16(9-13)31-5/h8-11,17,19,26-27H,7H2,1-6H3/t11-,17-,19+/m1/s1. The van der Waals surface area contributed by atoms with Crippen LogP contribution in [0.25, 0.3) is 0 Å². The number of halogens is 1. The first-order valence-corrected chi connectivity index (χ1v) is 11.0. The quantitative estimate of drug-likeness (QED) is 0.488. The monoisotopic (exact) mass is 477 g/mol.